The molecule has 2 nitrogen and oxygen atoms in total. The van der Waals surface area contributed by atoms with Crippen LogP contribution in [0.15, 0.2) is 12.1 Å². The molecule has 2 bridgehead atoms. The number of fused-ring (bicyclic) bond motifs is 2. The summed E-state index contributed by atoms with van der Waals surface area (Å²) in [5.74, 6) is -3.85. The van der Waals surface area contributed by atoms with Gasteiger partial charge >= 0.3 is 0 Å². The molecule has 1 aromatic rings. The highest BCUT2D eigenvalue weighted by atomic mass is 19.2. The Balaban J connectivity index is 1.79. The van der Waals surface area contributed by atoms with Gasteiger partial charge in [-0.1, -0.05) is 6.42 Å². The van der Waals surface area contributed by atoms with E-state index in [1.165, 1.54) is 0 Å². The molecule has 2 aliphatic heterocycles. The number of benzene rings is 1. The standard InChI is InChI=1S/C15H18F3NO/c16-12-4-9(5-13(17)14(12)18)6-15(20)7-10-2-1-3-11(8-15)19-10/h4-5,10-11,19-20H,1-3,6-8H2. The van der Waals surface area contributed by atoms with Gasteiger partial charge in [0.2, 0.25) is 0 Å². The second kappa shape index (κ2) is 5.04. The predicted octanol–water partition coefficient (Wildman–Crippen LogP) is 2.68. The van der Waals surface area contributed by atoms with Gasteiger partial charge < -0.3 is 10.4 Å². The van der Waals surface area contributed by atoms with Crippen LogP contribution in [0, 0.1) is 17.5 Å². The molecule has 0 saturated carbocycles. The van der Waals surface area contributed by atoms with Crippen LogP contribution in [0.4, 0.5) is 13.2 Å². The maximum absolute atomic E-state index is 13.2. The van der Waals surface area contributed by atoms with Crippen LogP contribution >= 0.6 is 0 Å². The van der Waals surface area contributed by atoms with Gasteiger partial charge in [-0.05, 0) is 43.4 Å². The fourth-order valence-corrected chi connectivity index (χ4v) is 3.67. The van der Waals surface area contributed by atoms with Gasteiger partial charge in [-0.25, -0.2) is 13.2 Å². The van der Waals surface area contributed by atoms with Gasteiger partial charge in [-0.3, -0.25) is 0 Å². The number of nitrogens with one attached hydrogen (secondary N) is 1. The van der Waals surface area contributed by atoms with Crippen molar-refractivity contribution in [2.45, 2.75) is 56.2 Å². The van der Waals surface area contributed by atoms with E-state index in [9.17, 15) is 18.3 Å². The molecule has 3 rings (SSSR count). The molecule has 2 fully saturated rings. The second-order valence-electron chi connectivity index (χ2n) is 6.17. The van der Waals surface area contributed by atoms with E-state index in [-0.39, 0.29) is 18.5 Å². The zero-order chi connectivity index (χ0) is 14.3. The van der Waals surface area contributed by atoms with Crippen LogP contribution in [-0.4, -0.2) is 22.8 Å². The van der Waals surface area contributed by atoms with Gasteiger partial charge in [0.1, 0.15) is 0 Å². The summed E-state index contributed by atoms with van der Waals surface area (Å²) in [6.45, 7) is 0. The Hall–Kier alpha value is -1.07. The van der Waals surface area contributed by atoms with Gasteiger partial charge in [0.05, 0.1) is 5.60 Å². The first kappa shape index (κ1) is 13.9. The molecule has 20 heavy (non-hydrogen) atoms. The van der Waals surface area contributed by atoms with Crippen molar-refractivity contribution < 1.29 is 18.3 Å². The summed E-state index contributed by atoms with van der Waals surface area (Å²) in [6, 6.07) is 2.49. The van der Waals surface area contributed by atoms with Crippen LogP contribution in [0.25, 0.3) is 0 Å². The Morgan fingerprint density at radius 1 is 1.10 bits per heavy atom. The molecule has 2 aliphatic rings. The van der Waals surface area contributed by atoms with E-state index in [2.05, 4.69) is 5.32 Å². The monoisotopic (exact) mass is 285 g/mol. The summed E-state index contributed by atoms with van der Waals surface area (Å²) >= 11 is 0. The minimum atomic E-state index is -1.46. The van der Waals surface area contributed by atoms with Crippen molar-refractivity contribution in [3.05, 3.63) is 35.1 Å². The molecule has 0 aliphatic carbocycles. The number of halogens is 3. The first-order chi connectivity index (χ1) is 9.45. The minimum Gasteiger partial charge on any atom is -0.389 e. The first-order valence-electron chi connectivity index (χ1n) is 7.07. The minimum absolute atomic E-state index is 0.163. The normalized spacial score (nSPS) is 33.2. The average Bonchev–Trinajstić information content (AvgIpc) is 2.34. The molecular weight excluding hydrogens is 267 g/mol. The fraction of sp³-hybridized carbons (Fsp3) is 0.600. The Morgan fingerprint density at radius 3 is 2.20 bits per heavy atom. The topological polar surface area (TPSA) is 32.3 Å². The van der Waals surface area contributed by atoms with Gasteiger partial charge in [0, 0.05) is 18.5 Å². The molecule has 0 spiro atoms. The van der Waals surface area contributed by atoms with Crippen molar-refractivity contribution in [3.63, 3.8) is 0 Å². The van der Waals surface area contributed by atoms with Crippen molar-refractivity contribution in [1.29, 1.82) is 0 Å². The third-order valence-corrected chi connectivity index (χ3v) is 4.41. The van der Waals surface area contributed by atoms with Crippen molar-refractivity contribution in [3.8, 4) is 0 Å². The Kier molecular flexibility index (Phi) is 3.50. The van der Waals surface area contributed by atoms with Crippen LogP contribution in [0.5, 0.6) is 0 Å². The van der Waals surface area contributed by atoms with Gasteiger partial charge in [-0.2, -0.15) is 0 Å². The smallest absolute Gasteiger partial charge is 0.194 e. The molecule has 1 aromatic carbocycles. The van der Waals surface area contributed by atoms with Crippen LogP contribution < -0.4 is 5.32 Å². The molecule has 2 unspecified atom stereocenters. The van der Waals surface area contributed by atoms with E-state index < -0.39 is 23.1 Å². The number of aliphatic hydroxyl groups is 1. The van der Waals surface area contributed by atoms with Crippen molar-refractivity contribution in [2.24, 2.45) is 0 Å². The molecule has 2 atom stereocenters. The van der Waals surface area contributed by atoms with Gasteiger partial charge in [-0.15, -0.1) is 0 Å². The third-order valence-electron chi connectivity index (χ3n) is 4.41. The number of hydrogen-bond acceptors (Lipinski definition) is 2. The van der Waals surface area contributed by atoms with Crippen LogP contribution in [0.2, 0.25) is 0 Å². The van der Waals surface area contributed by atoms with Crippen molar-refractivity contribution >= 4 is 0 Å². The highest BCUT2D eigenvalue weighted by molar-refractivity contribution is 5.22. The van der Waals surface area contributed by atoms with Crippen LogP contribution in [0.1, 0.15) is 37.7 Å². The lowest BCUT2D eigenvalue weighted by Gasteiger charge is -2.45. The summed E-state index contributed by atoms with van der Waals surface area (Å²) in [5.41, 5.74) is -0.651. The Labute approximate surface area is 116 Å². The third kappa shape index (κ3) is 2.69. The molecule has 0 aromatic heterocycles. The van der Waals surface area contributed by atoms with E-state index in [0.717, 1.165) is 31.4 Å². The molecule has 5 heteroatoms. The maximum atomic E-state index is 13.2. The highest BCUT2D eigenvalue weighted by Crippen LogP contribution is 2.35. The van der Waals surface area contributed by atoms with E-state index >= 15 is 0 Å². The Bertz CT molecular complexity index is 485. The number of piperidine rings is 2. The van der Waals surface area contributed by atoms with Crippen LogP contribution in [-0.2, 0) is 6.42 Å². The fourth-order valence-electron chi connectivity index (χ4n) is 3.67. The summed E-state index contributed by atoms with van der Waals surface area (Å²) in [7, 11) is 0. The summed E-state index contributed by atoms with van der Waals surface area (Å²) in [4.78, 5) is 0. The largest absolute Gasteiger partial charge is 0.389 e. The van der Waals surface area contributed by atoms with E-state index in [4.69, 9.17) is 0 Å². The molecule has 110 valence electrons. The maximum Gasteiger partial charge on any atom is 0.194 e. The summed E-state index contributed by atoms with van der Waals surface area (Å²) < 4.78 is 39.4. The lowest BCUT2D eigenvalue weighted by molar-refractivity contribution is -0.0303. The lowest BCUT2D eigenvalue weighted by atomic mass is 9.74. The lowest BCUT2D eigenvalue weighted by Crippen LogP contribution is -2.56. The molecule has 2 heterocycles. The predicted molar refractivity (Wildman–Crippen MR) is 68.8 cm³/mol. The molecule has 2 saturated heterocycles. The van der Waals surface area contributed by atoms with Gasteiger partial charge in [0.15, 0.2) is 17.5 Å². The van der Waals surface area contributed by atoms with Gasteiger partial charge in [0.25, 0.3) is 0 Å². The average molecular weight is 285 g/mol. The van der Waals surface area contributed by atoms with Crippen molar-refractivity contribution in [1.82, 2.24) is 5.32 Å². The first-order valence-corrected chi connectivity index (χ1v) is 7.07. The quantitative estimate of drug-likeness (QED) is 0.819. The number of hydrogen-bond donors (Lipinski definition) is 2. The van der Waals surface area contributed by atoms with E-state index in [1.54, 1.807) is 0 Å². The summed E-state index contributed by atoms with van der Waals surface area (Å²) in [6.07, 6.45) is 4.50. The SMILES string of the molecule is OC1(Cc2cc(F)c(F)c(F)c2)CC2CCCC(C1)N2. The summed E-state index contributed by atoms with van der Waals surface area (Å²) in [5, 5.41) is 14.2. The Morgan fingerprint density at radius 2 is 1.65 bits per heavy atom. The molecule has 2 N–H and O–H groups in total. The molecule has 0 amide bonds. The zero-order valence-electron chi connectivity index (χ0n) is 11.1. The molecule has 0 radical (unpaired) electrons. The second-order valence-corrected chi connectivity index (χ2v) is 6.17. The van der Waals surface area contributed by atoms with Crippen LogP contribution in [0.3, 0.4) is 0 Å². The highest BCUT2D eigenvalue weighted by Gasteiger charge is 2.40. The van der Waals surface area contributed by atoms with E-state index in [1.807, 2.05) is 0 Å². The zero-order valence-corrected chi connectivity index (χ0v) is 11.1. The number of rotatable bonds is 2. The van der Waals surface area contributed by atoms with Crippen molar-refractivity contribution in [2.75, 3.05) is 0 Å². The molecular formula is C15H18F3NO. The van der Waals surface area contributed by atoms with E-state index in [0.29, 0.717) is 18.4 Å².